The molecular formula is C26H32O4S. The molecule has 0 spiro atoms. The minimum absolute atomic E-state index is 0.0373. The summed E-state index contributed by atoms with van der Waals surface area (Å²) in [4.78, 5) is 0.379. The van der Waals surface area contributed by atoms with E-state index >= 15 is 0 Å². The van der Waals surface area contributed by atoms with Gasteiger partial charge >= 0.3 is 0 Å². The molecular weight excluding hydrogens is 408 g/mol. The van der Waals surface area contributed by atoms with E-state index in [1.54, 1.807) is 31.4 Å². The van der Waals surface area contributed by atoms with E-state index in [0.29, 0.717) is 22.5 Å². The van der Waals surface area contributed by atoms with Gasteiger partial charge in [0.15, 0.2) is 9.84 Å². The molecule has 0 bridgehead atoms. The van der Waals surface area contributed by atoms with Crippen molar-refractivity contribution in [3.05, 3.63) is 59.7 Å². The van der Waals surface area contributed by atoms with Crippen LogP contribution >= 0.6 is 0 Å². The zero-order chi connectivity index (χ0) is 22.0. The smallest absolute Gasteiger partial charge is 0.185 e. The van der Waals surface area contributed by atoms with Crippen LogP contribution in [0.4, 0.5) is 0 Å². The van der Waals surface area contributed by atoms with Crippen molar-refractivity contribution in [2.45, 2.75) is 61.7 Å². The molecule has 0 aliphatic heterocycles. The molecule has 5 rings (SSSR count). The van der Waals surface area contributed by atoms with E-state index in [0.717, 1.165) is 36.8 Å². The monoisotopic (exact) mass is 440 g/mol. The molecule has 0 heterocycles. The van der Waals surface area contributed by atoms with Crippen LogP contribution in [0, 0.1) is 23.2 Å². The van der Waals surface area contributed by atoms with Gasteiger partial charge in [0.1, 0.15) is 5.75 Å². The van der Waals surface area contributed by atoms with Crippen LogP contribution in [0.15, 0.2) is 53.4 Å². The Bertz CT molecular complexity index is 1080. The molecule has 2 saturated carbocycles. The van der Waals surface area contributed by atoms with Crippen molar-refractivity contribution in [3.8, 4) is 5.75 Å². The average molecular weight is 441 g/mol. The lowest BCUT2D eigenvalue weighted by atomic mass is 9.52. The van der Waals surface area contributed by atoms with E-state index in [1.807, 2.05) is 18.2 Å². The van der Waals surface area contributed by atoms with Crippen LogP contribution in [-0.2, 0) is 9.84 Å². The SMILES string of the molecule is COc1ccc2c(c1)[C@H](S(=O)(=O)c1ccccc1)[C@H](C)[C@@H]1[C@@H]2CC[C@]2(C)[C@@H](O)CC[C@@H]12. The molecule has 0 unspecified atom stereocenters. The van der Waals surface area contributed by atoms with Gasteiger partial charge in [-0.1, -0.05) is 38.1 Å². The lowest BCUT2D eigenvalue weighted by molar-refractivity contribution is -0.0364. The summed E-state index contributed by atoms with van der Waals surface area (Å²) in [5.74, 6) is 1.60. The second-order valence-electron chi connectivity index (χ2n) is 10.1. The molecule has 31 heavy (non-hydrogen) atoms. The predicted octanol–water partition coefficient (Wildman–Crippen LogP) is 5.13. The van der Waals surface area contributed by atoms with Crippen LogP contribution < -0.4 is 4.74 Å². The van der Waals surface area contributed by atoms with Crippen molar-refractivity contribution in [1.29, 1.82) is 0 Å². The van der Waals surface area contributed by atoms with Gasteiger partial charge in [0.05, 0.1) is 23.4 Å². The minimum Gasteiger partial charge on any atom is -0.497 e. The number of aliphatic hydroxyl groups is 1. The minimum atomic E-state index is -3.58. The maximum absolute atomic E-state index is 14.0. The molecule has 166 valence electrons. The lowest BCUT2D eigenvalue weighted by Crippen LogP contribution is -2.48. The van der Waals surface area contributed by atoms with E-state index in [2.05, 4.69) is 19.9 Å². The fourth-order valence-electron chi connectivity index (χ4n) is 7.22. The van der Waals surface area contributed by atoms with Crippen molar-refractivity contribution in [3.63, 3.8) is 0 Å². The lowest BCUT2D eigenvalue weighted by Gasteiger charge is -2.54. The highest BCUT2D eigenvalue weighted by molar-refractivity contribution is 7.91. The first-order valence-corrected chi connectivity index (χ1v) is 13.0. The van der Waals surface area contributed by atoms with Gasteiger partial charge in [-0.15, -0.1) is 0 Å². The number of ether oxygens (including phenoxy) is 1. The third kappa shape index (κ3) is 3.00. The first-order chi connectivity index (χ1) is 14.8. The Morgan fingerprint density at radius 1 is 1.03 bits per heavy atom. The van der Waals surface area contributed by atoms with Crippen LogP contribution in [-0.4, -0.2) is 26.7 Å². The molecule has 7 atom stereocenters. The zero-order valence-electron chi connectivity index (χ0n) is 18.5. The zero-order valence-corrected chi connectivity index (χ0v) is 19.3. The Labute approximate surface area is 185 Å². The van der Waals surface area contributed by atoms with Crippen molar-refractivity contribution < 1.29 is 18.3 Å². The first kappa shape index (κ1) is 21.0. The normalized spacial score (nSPS) is 36.9. The van der Waals surface area contributed by atoms with Gasteiger partial charge in [0, 0.05) is 0 Å². The van der Waals surface area contributed by atoms with E-state index in [1.165, 1.54) is 0 Å². The molecule has 3 aliphatic rings. The summed E-state index contributed by atoms with van der Waals surface area (Å²) in [5, 5.41) is 10.2. The molecule has 0 amide bonds. The second kappa shape index (κ2) is 7.35. The highest BCUT2D eigenvalue weighted by Gasteiger charge is 2.59. The van der Waals surface area contributed by atoms with E-state index in [9.17, 15) is 13.5 Å². The number of methoxy groups -OCH3 is 1. The molecule has 0 saturated heterocycles. The fourth-order valence-corrected chi connectivity index (χ4v) is 9.33. The van der Waals surface area contributed by atoms with Crippen molar-refractivity contribution in [2.24, 2.45) is 23.2 Å². The fraction of sp³-hybridized carbons (Fsp3) is 0.538. The maximum Gasteiger partial charge on any atom is 0.185 e. The maximum atomic E-state index is 14.0. The number of sulfone groups is 1. The number of fused-ring (bicyclic) bond motifs is 5. The van der Waals surface area contributed by atoms with E-state index in [4.69, 9.17) is 4.74 Å². The number of aliphatic hydroxyl groups excluding tert-OH is 1. The van der Waals surface area contributed by atoms with Gasteiger partial charge in [-0.05, 0) is 90.2 Å². The van der Waals surface area contributed by atoms with Gasteiger partial charge in [0.25, 0.3) is 0 Å². The third-order valence-corrected chi connectivity index (χ3v) is 11.1. The number of hydrogen-bond acceptors (Lipinski definition) is 4. The molecule has 2 fully saturated rings. The van der Waals surface area contributed by atoms with Crippen LogP contribution in [0.25, 0.3) is 0 Å². The first-order valence-electron chi connectivity index (χ1n) is 11.4. The van der Waals surface area contributed by atoms with E-state index in [-0.39, 0.29) is 23.4 Å². The molecule has 2 aromatic carbocycles. The summed E-state index contributed by atoms with van der Waals surface area (Å²) < 4.78 is 33.5. The van der Waals surface area contributed by atoms with Crippen LogP contribution in [0.1, 0.15) is 61.8 Å². The van der Waals surface area contributed by atoms with Gasteiger partial charge < -0.3 is 9.84 Å². The van der Waals surface area contributed by atoms with Crippen molar-refractivity contribution >= 4 is 9.84 Å². The third-order valence-electron chi connectivity index (χ3n) is 8.77. The van der Waals surface area contributed by atoms with Gasteiger partial charge in [-0.3, -0.25) is 0 Å². The number of rotatable bonds is 3. The molecule has 0 aromatic heterocycles. The standard InChI is InChI=1S/C26H32O4S/c1-16-24-20(13-14-26(2)22(24)11-12-23(26)27)19-10-9-17(30-3)15-21(19)25(16)31(28,29)18-7-5-4-6-8-18/h4-10,15-16,20,22-25,27H,11-14H2,1-3H3/t16-,20-,22+,23+,24-,25-,26+/m1/s1. The summed E-state index contributed by atoms with van der Waals surface area (Å²) in [6.07, 6.45) is 3.51. The largest absolute Gasteiger partial charge is 0.497 e. The highest BCUT2D eigenvalue weighted by Crippen LogP contribution is 2.65. The molecule has 3 aliphatic carbocycles. The second-order valence-corrected chi connectivity index (χ2v) is 12.1. The Hall–Kier alpha value is -1.85. The number of hydrogen-bond donors (Lipinski definition) is 1. The summed E-state index contributed by atoms with van der Waals surface area (Å²) in [5.41, 5.74) is 1.96. The molecule has 1 N–H and O–H groups in total. The van der Waals surface area contributed by atoms with Gasteiger partial charge in [-0.25, -0.2) is 8.42 Å². The molecule has 0 radical (unpaired) electrons. The topological polar surface area (TPSA) is 63.6 Å². The van der Waals surface area contributed by atoms with Crippen LogP contribution in [0.2, 0.25) is 0 Å². The number of benzene rings is 2. The quantitative estimate of drug-likeness (QED) is 0.719. The average Bonchev–Trinajstić information content (AvgIpc) is 3.08. The summed E-state index contributed by atoms with van der Waals surface area (Å²) in [6, 6.07) is 14.9. The van der Waals surface area contributed by atoms with Crippen molar-refractivity contribution in [2.75, 3.05) is 7.11 Å². The summed E-state index contributed by atoms with van der Waals surface area (Å²) >= 11 is 0. The van der Waals surface area contributed by atoms with Crippen molar-refractivity contribution in [1.82, 2.24) is 0 Å². The summed E-state index contributed by atoms with van der Waals surface area (Å²) in [7, 11) is -1.95. The molecule has 4 nitrogen and oxygen atoms in total. The Kier molecular flexibility index (Phi) is 4.98. The molecule has 5 heteroatoms. The van der Waals surface area contributed by atoms with E-state index < -0.39 is 15.1 Å². The predicted molar refractivity (Wildman–Crippen MR) is 121 cm³/mol. The molecule has 2 aromatic rings. The van der Waals surface area contributed by atoms with Gasteiger partial charge in [-0.2, -0.15) is 0 Å². The highest BCUT2D eigenvalue weighted by atomic mass is 32.2. The Balaban J connectivity index is 1.70. The Morgan fingerprint density at radius 3 is 2.48 bits per heavy atom. The van der Waals surface area contributed by atoms with Crippen LogP contribution in [0.3, 0.4) is 0 Å². The summed E-state index contributed by atoms with van der Waals surface area (Å²) in [6.45, 7) is 4.35. The van der Waals surface area contributed by atoms with Crippen LogP contribution in [0.5, 0.6) is 5.75 Å². The Morgan fingerprint density at radius 2 is 1.77 bits per heavy atom. The van der Waals surface area contributed by atoms with Gasteiger partial charge in [0.2, 0.25) is 0 Å².